The van der Waals surface area contributed by atoms with E-state index in [2.05, 4.69) is 19.4 Å². The van der Waals surface area contributed by atoms with Gasteiger partial charge in [-0.1, -0.05) is 5.16 Å². The third-order valence-electron chi connectivity index (χ3n) is 2.52. The van der Waals surface area contributed by atoms with E-state index < -0.39 is 15.8 Å². The van der Waals surface area contributed by atoms with Crippen LogP contribution in [0, 0.1) is 19.7 Å². The van der Waals surface area contributed by atoms with E-state index in [0.29, 0.717) is 11.1 Å². The molecule has 1 N–H and O–H groups in total. The van der Waals surface area contributed by atoms with Crippen molar-refractivity contribution in [1.82, 2.24) is 14.9 Å². The number of halogens is 1. The molecule has 1 aromatic carbocycles. The molecule has 102 valence electrons. The zero-order valence-electron chi connectivity index (χ0n) is 10.3. The third-order valence-corrected chi connectivity index (χ3v) is 4.23. The minimum atomic E-state index is -3.75. The van der Waals surface area contributed by atoms with Crippen LogP contribution in [-0.2, 0) is 16.6 Å². The monoisotopic (exact) mass is 285 g/mol. The molecule has 0 saturated heterocycles. The van der Waals surface area contributed by atoms with Gasteiger partial charge in [0.25, 0.3) is 0 Å². The van der Waals surface area contributed by atoms with Crippen molar-refractivity contribution in [3.8, 4) is 0 Å². The summed E-state index contributed by atoms with van der Waals surface area (Å²) < 4.78 is 44.3. The molecule has 0 spiro atoms. The summed E-state index contributed by atoms with van der Waals surface area (Å²) >= 11 is 0. The molecule has 2 aromatic rings. The number of benzene rings is 1. The van der Waals surface area contributed by atoms with Crippen LogP contribution in [0.1, 0.15) is 17.0 Å². The Balaban J connectivity index is 2.29. The molecule has 0 bridgehead atoms. The minimum absolute atomic E-state index is 0.0670. The Labute approximate surface area is 109 Å². The average Bonchev–Trinajstić information content (AvgIpc) is 2.77. The fourth-order valence-corrected chi connectivity index (χ4v) is 3.25. The highest BCUT2D eigenvalue weighted by atomic mass is 32.2. The van der Waals surface area contributed by atoms with Crippen molar-refractivity contribution < 1.29 is 17.3 Å². The van der Waals surface area contributed by atoms with Crippen molar-refractivity contribution in [2.75, 3.05) is 0 Å². The van der Waals surface area contributed by atoms with E-state index in [-0.39, 0.29) is 17.3 Å². The van der Waals surface area contributed by atoms with Crippen LogP contribution in [0.2, 0.25) is 0 Å². The van der Waals surface area contributed by atoms with Gasteiger partial charge in [-0.3, -0.25) is 0 Å². The van der Waals surface area contributed by atoms with Crippen LogP contribution in [0.15, 0.2) is 27.9 Å². The van der Waals surface area contributed by atoms with Crippen molar-refractivity contribution in [3.05, 3.63) is 41.3 Å². The maximum absolute atomic E-state index is 13.2. The Kier molecular flexibility index (Phi) is 3.63. The number of rotatable bonds is 4. The second kappa shape index (κ2) is 5.06. The van der Waals surface area contributed by atoms with Gasteiger partial charge in [0.1, 0.15) is 5.82 Å². The first kappa shape index (κ1) is 13.6. The summed E-state index contributed by atoms with van der Waals surface area (Å²) in [6.45, 7) is 2.99. The van der Waals surface area contributed by atoms with E-state index in [0.717, 1.165) is 6.39 Å². The first-order valence-electron chi connectivity index (χ1n) is 5.42. The molecule has 0 fully saturated rings. The Bertz CT molecular complexity index is 660. The molecule has 6 nitrogen and oxygen atoms in total. The largest absolute Gasteiger partial charge is 0.343 e. The van der Waals surface area contributed by atoms with Crippen molar-refractivity contribution in [2.24, 2.45) is 0 Å². The summed E-state index contributed by atoms with van der Waals surface area (Å²) in [5.41, 5.74) is 0.691. The Morgan fingerprint density at radius 3 is 2.47 bits per heavy atom. The van der Waals surface area contributed by atoms with Crippen molar-refractivity contribution in [2.45, 2.75) is 25.3 Å². The van der Waals surface area contributed by atoms with Crippen LogP contribution < -0.4 is 4.72 Å². The number of sulfonamides is 1. The summed E-state index contributed by atoms with van der Waals surface area (Å²) in [7, 11) is -3.75. The molecular weight excluding hydrogens is 273 g/mol. The molecule has 1 aromatic heterocycles. The number of nitrogens with zero attached hydrogens (tertiary/aromatic N) is 2. The van der Waals surface area contributed by atoms with Crippen LogP contribution in [0.5, 0.6) is 0 Å². The van der Waals surface area contributed by atoms with E-state index in [1.54, 1.807) is 13.8 Å². The smallest absolute Gasteiger partial charge is 0.241 e. The summed E-state index contributed by atoms with van der Waals surface area (Å²) in [4.78, 5) is 3.77. The normalized spacial score (nSPS) is 11.7. The number of hydrogen-bond donors (Lipinski definition) is 1. The molecule has 0 saturated carbocycles. The molecule has 0 amide bonds. The van der Waals surface area contributed by atoms with E-state index in [1.165, 1.54) is 12.1 Å². The molecule has 0 atom stereocenters. The lowest BCUT2D eigenvalue weighted by Gasteiger charge is -2.11. The summed E-state index contributed by atoms with van der Waals surface area (Å²) in [5, 5.41) is 3.50. The van der Waals surface area contributed by atoms with Gasteiger partial charge in [-0.2, -0.15) is 4.98 Å². The van der Waals surface area contributed by atoms with Gasteiger partial charge in [-0.05, 0) is 37.1 Å². The maximum Gasteiger partial charge on any atom is 0.241 e. The lowest BCUT2D eigenvalue weighted by molar-refractivity contribution is 0.409. The molecule has 0 aliphatic rings. The van der Waals surface area contributed by atoms with Gasteiger partial charge in [0.2, 0.25) is 16.4 Å². The molecule has 1 heterocycles. The fourth-order valence-electron chi connectivity index (χ4n) is 1.82. The topological polar surface area (TPSA) is 85.1 Å². The SMILES string of the molecule is Cc1cc(F)cc(C)c1S(=O)(=O)NCc1ncon1. The van der Waals surface area contributed by atoms with Gasteiger partial charge in [-0.25, -0.2) is 17.5 Å². The van der Waals surface area contributed by atoms with E-state index in [1.807, 2.05) is 0 Å². The highest BCUT2D eigenvalue weighted by molar-refractivity contribution is 7.89. The van der Waals surface area contributed by atoms with Crippen molar-refractivity contribution in [1.29, 1.82) is 0 Å². The van der Waals surface area contributed by atoms with Gasteiger partial charge in [-0.15, -0.1) is 0 Å². The van der Waals surface area contributed by atoms with Gasteiger partial charge >= 0.3 is 0 Å². The Hall–Kier alpha value is -1.80. The van der Waals surface area contributed by atoms with Crippen molar-refractivity contribution in [3.63, 3.8) is 0 Å². The predicted molar refractivity (Wildman–Crippen MR) is 64.2 cm³/mol. The lowest BCUT2D eigenvalue weighted by atomic mass is 10.1. The molecule has 0 unspecified atom stereocenters. The number of nitrogens with one attached hydrogen (secondary N) is 1. The van der Waals surface area contributed by atoms with Crippen LogP contribution in [0.4, 0.5) is 4.39 Å². The molecule has 0 radical (unpaired) electrons. The standard InChI is InChI=1S/C11H12FN3O3S/c1-7-3-9(12)4-8(2)11(7)19(16,17)14-5-10-13-6-18-15-10/h3-4,6,14H,5H2,1-2H3. The summed E-state index contributed by atoms with van der Waals surface area (Å²) in [6.07, 6.45) is 1.11. The molecule has 0 aliphatic heterocycles. The van der Waals surface area contributed by atoms with Crippen LogP contribution >= 0.6 is 0 Å². The minimum Gasteiger partial charge on any atom is -0.343 e. The third kappa shape index (κ3) is 2.96. The quantitative estimate of drug-likeness (QED) is 0.915. The van der Waals surface area contributed by atoms with E-state index >= 15 is 0 Å². The van der Waals surface area contributed by atoms with Gasteiger partial charge < -0.3 is 4.52 Å². The Morgan fingerprint density at radius 2 is 1.95 bits per heavy atom. The molecule has 2 rings (SSSR count). The predicted octanol–water partition coefficient (Wildman–Crippen LogP) is 1.30. The van der Waals surface area contributed by atoms with E-state index in [4.69, 9.17) is 0 Å². The molecule has 0 aliphatic carbocycles. The van der Waals surface area contributed by atoms with Gasteiger partial charge in [0.15, 0.2) is 5.82 Å². The van der Waals surface area contributed by atoms with Crippen LogP contribution in [-0.4, -0.2) is 18.6 Å². The highest BCUT2D eigenvalue weighted by Gasteiger charge is 2.20. The summed E-state index contributed by atoms with van der Waals surface area (Å²) in [5.74, 6) is -0.242. The number of aryl methyl sites for hydroxylation is 2. The zero-order chi connectivity index (χ0) is 14.0. The molecule has 8 heteroatoms. The number of aromatic nitrogens is 2. The molecular formula is C11H12FN3O3S. The fraction of sp³-hybridized carbons (Fsp3) is 0.273. The summed E-state index contributed by atoms with van der Waals surface area (Å²) in [6, 6.07) is 2.35. The Morgan fingerprint density at radius 1 is 1.32 bits per heavy atom. The van der Waals surface area contributed by atoms with Gasteiger partial charge in [0, 0.05) is 0 Å². The molecule has 19 heavy (non-hydrogen) atoms. The van der Waals surface area contributed by atoms with Crippen LogP contribution in [0.3, 0.4) is 0 Å². The first-order chi connectivity index (χ1) is 8.90. The average molecular weight is 285 g/mol. The van der Waals surface area contributed by atoms with E-state index in [9.17, 15) is 12.8 Å². The van der Waals surface area contributed by atoms with Gasteiger partial charge in [0.05, 0.1) is 11.4 Å². The highest BCUT2D eigenvalue weighted by Crippen LogP contribution is 2.21. The number of hydrogen-bond acceptors (Lipinski definition) is 5. The second-order valence-corrected chi connectivity index (χ2v) is 5.74. The zero-order valence-corrected chi connectivity index (χ0v) is 11.2. The lowest BCUT2D eigenvalue weighted by Crippen LogP contribution is -2.25. The van der Waals surface area contributed by atoms with Crippen LogP contribution in [0.25, 0.3) is 0 Å². The second-order valence-electron chi connectivity index (χ2n) is 4.04. The maximum atomic E-state index is 13.2. The van der Waals surface area contributed by atoms with Crippen molar-refractivity contribution >= 4 is 10.0 Å². The first-order valence-corrected chi connectivity index (χ1v) is 6.90.